The zero-order valence-corrected chi connectivity index (χ0v) is 17.7. The lowest BCUT2D eigenvalue weighted by Gasteiger charge is -2.17. The molecule has 26 heavy (non-hydrogen) atoms. The molecule has 0 aromatic carbocycles. The highest BCUT2D eigenvalue weighted by Gasteiger charge is 2.18. The van der Waals surface area contributed by atoms with Crippen LogP contribution in [0.25, 0.3) is 0 Å². The van der Waals surface area contributed by atoms with Crippen LogP contribution in [0.5, 0.6) is 0 Å². The Morgan fingerprint density at radius 1 is 1.35 bits per heavy atom. The van der Waals surface area contributed by atoms with Gasteiger partial charge in [0, 0.05) is 25.5 Å². The summed E-state index contributed by atoms with van der Waals surface area (Å²) in [5.41, 5.74) is 6.18. The first-order valence-corrected chi connectivity index (χ1v) is 9.79. The lowest BCUT2D eigenvalue weighted by atomic mass is 9.99. The van der Waals surface area contributed by atoms with Crippen LogP contribution in [-0.2, 0) is 16.0 Å². The van der Waals surface area contributed by atoms with Gasteiger partial charge in [-0.15, -0.1) is 11.3 Å². The van der Waals surface area contributed by atoms with Crippen LogP contribution in [0.1, 0.15) is 62.5 Å². The summed E-state index contributed by atoms with van der Waals surface area (Å²) in [6.07, 6.45) is 3.59. The number of carbonyl (C=O) groups is 2. The van der Waals surface area contributed by atoms with Gasteiger partial charge in [-0.3, -0.25) is 4.79 Å². The van der Waals surface area contributed by atoms with Crippen molar-refractivity contribution in [3.8, 4) is 0 Å². The summed E-state index contributed by atoms with van der Waals surface area (Å²) in [6.45, 7) is 8.78. The first-order valence-electron chi connectivity index (χ1n) is 8.91. The molecule has 4 N–H and O–H groups in total. The summed E-state index contributed by atoms with van der Waals surface area (Å²) >= 11 is 1.42. The molecule has 1 aromatic heterocycles. The van der Waals surface area contributed by atoms with E-state index in [1.54, 1.807) is 5.38 Å². The fourth-order valence-electron chi connectivity index (χ4n) is 1.71. The molecule has 0 aliphatic carbocycles. The predicted octanol–water partition coefficient (Wildman–Crippen LogP) is 2.38. The molecule has 0 saturated heterocycles. The Kier molecular flexibility index (Phi) is 17.4. The van der Waals surface area contributed by atoms with Crippen molar-refractivity contribution in [1.29, 1.82) is 0 Å². The van der Waals surface area contributed by atoms with E-state index in [2.05, 4.69) is 28.9 Å². The maximum absolute atomic E-state index is 11.8. The van der Waals surface area contributed by atoms with Gasteiger partial charge in [-0.2, -0.15) is 0 Å². The van der Waals surface area contributed by atoms with E-state index in [1.807, 2.05) is 13.8 Å². The van der Waals surface area contributed by atoms with Crippen LogP contribution in [0, 0.1) is 5.92 Å². The van der Waals surface area contributed by atoms with E-state index in [0.29, 0.717) is 18.7 Å². The molecule has 2 atom stereocenters. The normalized spacial score (nSPS) is 11.8. The molecule has 1 heterocycles. The monoisotopic (exact) mass is 389 g/mol. The number of nitrogens with zero attached hydrogens (tertiary/aromatic N) is 1. The van der Waals surface area contributed by atoms with Gasteiger partial charge < -0.3 is 20.9 Å². The fourth-order valence-corrected chi connectivity index (χ4v) is 2.52. The quantitative estimate of drug-likeness (QED) is 0.464. The minimum atomic E-state index is -0.458. The lowest BCUT2D eigenvalue weighted by molar-refractivity contribution is -0.123. The SMILES string of the molecule is CCC.CCC(C)C(N)C(=O)NCCCc1nc(C(=O)OC)cs1.CO. The Hall–Kier alpha value is -1.51. The Morgan fingerprint density at radius 2 is 1.92 bits per heavy atom. The Labute approximate surface area is 161 Å². The van der Waals surface area contributed by atoms with Crippen molar-refractivity contribution in [3.63, 3.8) is 0 Å². The summed E-state index contributed by atoms with van der Waals surface area (Å²) < 4.78 is 4.60. The molecular formula is C18H35N3O4S. The van der Waals surface area contributed by atoms with Crippen molar-refractivity contribution in [3.05, 3.63) is 16.1 Å². The molecule has 2 unspecified atom stereocenters. The smallest absolute Gasteiger partial charge is 0.357 e. The number of aliphatic hydroxyl groups is 1. The van der Waals surface area contributed by atoms with Crippen LogP contribution < -0.4 is 11.1 Å². The topological polar surface area (TPSA) is 115 Å². The first kappa shape index (κ1) is 26.7. The van der Waals surface area contributed by atoms with Gasteiger partial charge in [0.15, 0.2) is 5.69 Å². The van der Waals surface area contributed by atoms with Gasteiger partial charge in [0.1, 0.15) is 0 Å². The molecule has 7 nitrogen and oxygen atoms in total. The molecular weight excluding hydrogens is 354 g/mol. The van der Waals surface area contributed by atoms with Crippen molar-refractivity contribution in [2.45, 2.75) is 59.4 Å². The second kappa shape index (κ2) is 16.9. The average Bonchev–Trinajstić information content (AvgIpc) is 3.14. The van der Waals surface area contributed by atoms with Gasteiger partial charge in [0.25, 0.3) is 0 Å². The highest BCUT2D eigenvalue weighted by Crippen LogP contribution is 2.12. The predicted molar refractivity (Wildman–Crippen MR) is 106 cm³/mol. The third-order valence-electron chi connectivity index (χ3n) is 3.37. The van der Waals surface area contributed by atoms with Crippen LogP contribution in [0.3, 0.4) is 0 Å². The second-order valence-corrected chi connectivity index (χ2v) is 6.57. The van der Waals surface area contributed by atoms with Crippen molar-refractivity contribution < 1.29 is 19.4 Å². The van der Waals surface area contributed by atoms with E-state index in [9.17, 15) is 9.59 Å². The Balaban J connectivity index is 0. The highest BCUT2D eigenvalue weighted by molar-refractivity contribution is 7.09. The lowest BCUT2D eigenvalue weighted by Crippen LogP contribution is -2.44. The zero-order valence-electron chi connectivity index (χ0n) is 16.9. The molecule has 0 aliphatic rings. The van der Waals surface area contributed by atoms with E-state index in [1.165, 1.54) is 24.9 Å². The van der Waals surface area contributed by atoms with Crippen LogP contribution >= 0.6 is 11.3 Å². The van der Waals surface area contributed by atoms with E-state index in [0.717, 1.165) is 25.0 Å². The van der Waals surface area contributed by atoms with Gasteiger partial charge in [-0.05, 0) is 12.3 Å². The van der Waals surface area contributed by atoms with E-state index in [4.69, 9.17) is 10.8 Å². The van der Waals surface area contributed by atoms with Crippen LogP contribution in [0.4, 0.5) is 0 Å². The minimum absolute atomic E-state index is 0.112. The number of nitrogens with two attached hydrogens (primary N) is 1. The number of amides is 1. The van der Waals surface area contributed by atoms with Crippen molar-refractivity contribution in [2.24, 2.45) is 11.7 Å². The van der Waals surface area contributed by atoms with Crippen molar-refractivity contribution in [1.82, 2.24) is 10.3 Å². The molecule has 0 radical (unpaired) electrons. The summed E-state index contributed by atoms with van der Waals surface area (Å²) in [5, 5.41) is 12.4. The van der Waals surface area contributed by atoms with E-state index >= 15 is 0 Å². The maximum Gasteiger partial charge on any atom is 0.357 e. The molecule has 0 fully saturated rings. The van der Waals surface area contributed by atoms with Gasteiger partial charge >= 0.3 is 5.97 Å². The van der Waals surface area contributed by atoms with Gasteiger partial charge in [-0.1, -0.05) is 40.5 Å². The minimum Gasteiger partial charge on any atom is -0.464 e. The van der Waals surface area contributed by atoms with Gasteiger partial charge in [0.05, 0.1) is 18.2 Å². The molecule has 0 saturated carbocycles. The van der Waals surface area contributed by atoms with Gasteiger partial charge in [0.2, 0.25) is 5.91 Å². The zero-order chi connectivity index (χ0) is 20.5. The number of ether oxygens (including phenoxy) is 1. The molecule has 0 spiro atoms. The summed E-state index contributed by atoms with van der Waals surface area (Å²) in [5.74, 6) is -0.365. The number of carbonyl (C=O) groups excluding carboxylic acids is 2. The Morgan fingerprint density at radius 3 is 2.42 bits per heavy atom. The number of aryl methyl sites for hydroxylation is 1. The summed E-state index contributed by atoms with van der Waals surface area (Å²) in [6, 6.07) is -0.458. The van der Waals surface area contributed by atoms with Crippen LogP contribution in [0.2, 0.25) is 0 Å². The number of hydrogen-bond acceptors (Lipinski definition) is 7. The number of rotatable bonds is 8. The van der Waals surface area contributed by atoms with Gasteiger partial charge in [-0.25, -0.2) is 9.78 Å². The fraction of sp³-hybridized carbons (Fsp3) is 0.722. The maximum atomic E-state index is 11.8. The molecule has 8 heteroatoms. The second-order valence-electron chi connectivity index (χ2n) is 5.63. The highest BCUT2D eigenvalue weighted by atomic mass is 32.1. The standard InChI is InChI=1S/C14H23N3O3S.C3H8.CH4O/c1-4-9(2)12(15)13(18)16-7-5-6-11-17-10(8-21-11)14(19)20-3;1-3-2;1-2/h8-9,12H,4-7,15H2,1-3H3,(H,16,18);3H2,1-2H3;2H,1H3. The number of hydrogen-bond donors (Lipinski definition) is 3. The molecule has 0 aliphatic heterocycles. The first-order chi connectivity index (χ1) is 12.4. The number of nitrogens with one attached hydrogen (secondary N) is 1. The molecule has 0 bridgehead atoms. The third-order valence-corrected chi connectivity index (χ3v) is 4.28. The molecule has 1 rings (SSSR count). The molecule has 152 valence electrons. The summed E-state index contributed by atoms with van der Waals surface area (Å²) in [7, 11) is 2.33. The third kappa shape index (κ3) is 11.2. The number of thiazole rings is 1. The molecule has 1 aromatic rings. The summed E-state index contributed by atoms with van der Waals surface area (Å²) in [4.78, 5) is 27.2. The van der Waals surface area contributed by atoms with E-state index < -0.39 is 12.0 Å². The number of esters is 1. The largest absolute Gasteiger partial charge is 0.464 e. The van der Waals surface area contributed by atoms with E-state index in [-0.39, 0.29) is 11.8 Å². The number of aromatic nitrogens is 1. The Bertz CT molecular complexity index is 495. The van der Waals surface area contributed by atoms with Crippen molar-refractivity contribution in [2.75, 3.05) is 20.8 Å². The van der Waals surface area contributed by atoms with Crippen LogP contribution in [-0.4, -0.2) is 48.8 Å². The average molecular weight is 390 g/mol. The van der Waals surface area contributed by atoms with Crippen molar-refractivity contribution >= 4 is 23.2 Å². The number of aliphatic hydroxyl groups excluding tert-OH is 1. The number of methoxy groups -OCH3 is 1. The molecule has 1 amide bonds. The van der Waals surface area contributed by atoms with Crippen LogP contribution in [0.15, 0.2) is 5.38 Å².